The number of hydrogen-bond donors (Lipinski definition) is 1. The summed E-state index contributed by atoms with van der Waals surface area (Å²) < 4.78 is 34.0. The summed E-state index contributed by atoms with van der Waals surface area (Å²) in [6, 6.07) is 29.1. The second-order valence-electron chi connectivity index (χ2n) is 9.84. The largest absolute Gasteiger partial charge is 0.481 e. The lowest BCUT2D eigenvalue weighted by Crippen LogP contribution is -2.38. The Kier molecular flexibility index (Phi) is 8.33. The van der Waals surface area contributed by atoms with E-state index in [0.717, 1.165) is 29.7 Å². The molecule has 5 rings (SSSR count). The number of benzene rings is 4. The molecule has 6 heteroatoms. The zero-order valence-electron chi connectivity index (χ0n) is 21.9. The molecule has 0 aliphatic carbocycles. The van der Waals surface area contributed by atoms with E-state index in [0.29, 0.717) is 30.8 Å². The maximum atomic E-state index is 14.6. The molecule has 1 amide bonds. The molecule has 1 aliphatic rings. The van der Waals surface area contributed by atoms with Crippen molar-refractivity contribution in [2.45, 2.75) is 45.0 Å². The summed E-state index contributed by atoms with van der Waals surface area (Å²) in [5.41, 5.74) is 4.92. The van der Waals surface area contributed by atoms with Crippen molar-refractivity contribution in [1.82, 2.24) is 10.2 Å². The van der Waals surface area contributed by atoms with Gasteiger partial charge in [0.1, 0.15) is 17.4 Å². The Balaban J connectivity index is 1.37. The Labute approximate surface area is 228 Å². The maximum Gasteiger partial charge on any atom is 0.261 e. The lowest BCUT2D eigenvalue weighted by molar-refractivity contribution is -0.128. The van der Waals surface area contributed by atoms with Crippen LogP contribution in [-0.2, 0) is 24.3 Å². The third-order valence-electron chi connectivity index (χ3n) is 7.21. The highest BCUT2D eigenvalue weighted by Gasteiger charge is 2.30. The van der Waals surface area contributed by atoms with Gasteiger partial charge < -0.3 is 10.1 Å². The van der Waals surface area contributed by atoms with Gasteiger partial charge >= 0.3 is 0 Å². The molecule has 0 unspecified atom stereocenters. The smallest absolute Gasteiger partial charge is 0.261 e. The van der Waals surface area contributed by atoms with Crippen molar-refractivity contribution in [3.8, 4) is 5.75 Å². The van der Waals surface area contributed by atoms with Crippen molar-refractivity contribution in [3.63, 3.8) is 0 Å². The molecule has 0 bridgehead atoms. The van der Waals surface area contributed by atoms with Crippen molar-refractivity contribution >= 4 is 5.91 Å². The molecule has 2 atom stereocenters. The molecular weight excluding hydrogens is 494 g/mol. The standard InChI is InChI=1S/C33H32F2N2O2/c1-2-31(33(38)36-21-23-12-15-27(34)16-13-23)39-28-17-14-24-18-19-37(22-26-10-6-7-11-30(26)35)32(29(24)20-28)25-8-4-3-5-9-25/h3-17,20,31-32H,2,18-19,21-22H2,1H3,(H,36,38)/t31-,32+/m1/s1. The van der Waals surface area contributed by atoms with Gasteiger partial charge in [0.25, 0.3) is 5.91 Å². The summed E-state index contributed by atoms with van der Waals surface area (Å²) >= 11 is 0. The topological polar surface area (TPSA) is 41.6 Å². The summed E-state index contributed by atoms with van der Waals surface area (Å²) in [5, 5.41) is 2.90. The molecule has 0 aromatic heterocycles. The van der Waals surface area contributed by atoms with Crippen molar-refractivity contribution in [2.75, 3.05) is 6.54 Å². The van der Waals surface area contributed by atoms with Crippen LogP contribution in [0.3, 0.4) is 0 Å². The van der Waals surface area contributed by atoms with E-state index < -0.39 is 6.10 Å². The molecule has 0 saturated carbocycles. The highest BCUT2D eigenvalue weighted by molar-refractivity contribution is 5.81. The SMILES string of the molecule is CC[C@@H](Oc1ccc2c(c1)[C@H](c1ccccc1)N(Cc1ccccc1F)CC2)C(=O)NCc1ccc(F)cc1. The van der Waals surface area contributed by atoms with E-state index in [9.17, 15) is 13.6 Å². The van der Waals surface area contributed by atoms with Crippen LogP contribution in [-0.4, -0.2) is 23.5 Å². The summed E-state index contributed by atoms with van der Waals surface area (Å²) in [7, 11) is 0. The van der Waals surface area contributed by atoms with Crippen LogP contribution >= 0.6 is 0 Å². The summed E-state index contributed by atoms with van der Waals surface area (Å²) in [6.45, 7) is 3.48. The Morgan fingerprint density at radius 3 is 2.46 bits per heavy atom. The van der Waals surface area contributed by atoms with Gasteiger partial charge in [0.15, 0.2) is 6.10 Å². The number of fused-ring (bicyclic) bond motifs is 1. The number of carbonyl (C=O) groups excluding carboxylic acids is 1. The van der Waals surface area contributed by atoms with Gasteiger partial charge in [-0.1, -0.05) is 73.7 Å². The van der Waals surface area contributed by atoms with Crippen LogP contribution in [0.4, 0.5) is 8.78 Å². The molecule has 0 spiro atoms. The molecule has 0 fully saturated rings. The number of halogens is 2. The second kappa shape index (κ2) is 12.2. The maximum absolute atomic E-state index is 14.6. The Morgan fingerprint density at radius 1 is 0.974 bits per heavy atom. The first kappa shape index (κ1) is 26.6. The van der Waals surface area contributed by atoms with Gasteiger partial charge in [-0.15, -0.1) is 0 Å². The van der Waals surface area contributed by atoms with Crippen LogP contribution in [0.25, 0.3) is 0 Å². The Hall–Kier alpha value is -4.03. The first-order valence-electron chi connectivity index (χ1n) is 13.4. The number of amides is 1. The van der Waals surface area contributed by atoms with Gasteiger partial charge in [-0.3, -0.25) is 9.69 Å². The van der Waals surface area contributed by atoms with Crippen LogP contribution in [0.5, 0.6) is 5.75 Å². The van der Waals surface area contributed by atoms with Crippen molar-refractivity contribution in [1.29, 1.82) is 0 Å². The van der Waals surface area contributed by atoms with Gasteiger partial charge in [0.2, 0.25) is 0 Å². The minimum Gasteiger partial charge on any atom is -0.481 e. The average Bonchev–Trinajstić information content (AvgIpc) is 2.97. The third kappa shape index (κ3) is 6.35. The number of ether oxygens (including phenoxy) is 1. The third-order valence-corrected chi connectivity index (χ3v) is 7.21. The number of rotatable bonds is 9. The lowest BCUT2D eigenvalue weighted by Gasteiger charge is -2.38. The van der Waals surface area contributed by atoms with Crippen LogP contribution in [0.1, 0.15) is 47.2 Å². The van der Waals surface area contributed by atoms with Gasteiger partial charge in [-0.2, -0.15) is 0 Å². The first-order valence-corrected chi connectivity index (χ1v) is 13.4. The number of carbonyl (C=O) groups is 1. The van der Waals surface area contributed by atoms with Crippen LogP contribution < -0.4 is 10.1 Å². The van der Waals surface area contributed by atoms with Gasteiger partial charge in [0.05, 0.1) is 6.04 Å². The van der Waals surface area contributed by atoms with E-state index in [4.69, 9.17) is 4.74 Å². The Morgan fingerprint density at radius 2 is 1.72 bits per heavy atom. The quantitative estimate of drug-likeness (QED) is 0.268. The predicted molar refractivity (Wildman–Crippen MR) is 148 cm³/mol. The van der Waals surface area contributed by atoms with Gasteiger partial charge in [0, 0.05) is 25.2 Å². The molecular formula is C33H32F2N2O2. The number of nitrogens with one attached hydrogen (secondary N) is 1. The van der Waals surface area contributed by atoms with E-state index in [1.54, 1.807) is 18.2 Å². The van der Waals surface area contributed by atoms with Gasteiger partial charge in [-0.25, -0.2) is 8.78 Å². The monoisotopic (exact) mass is 526 g/mol. The predicted octanol–water partition coefficient (Wildman–Crippen LogP) is 6.59. The zero-order chi connectivity index (χ0) is 27.2. The van der Waals surface area contributed by atoms with Crippen molar-refractivity contribution in [3.05, 3.63) is 137 Å². The summed E-state index contributed by atoms with van der Waals surface area (Å²) in [6.07, 6.45) is 0.660. The van der Waals surface area contributed by atoms with Crippen molar-refractivity contribution < 1.29 is 18.3 Å². The van der Waals surface area contributed by atoms with E-state index in [1.165, 1.54) is 23.8 Å². The molecule has 0 saturated heterocycles. The molecule has 1 aliphatic heterocycles. The van der Waals surface area contributed by atoms with Crippen LogP contribution in [0.2, 0.25) is 0 Å². The second-order valence-corrected chi connectivity index (χ2v) is 9.84. The normalized spacial score (nSPS) is 15.8. The van der Waals surface area contributed by atoms with E-state index in [1.807, 2.05) is 49.4 Å². The fourth-order valence-electron chi connectivity index (χ4n) is 5.15. The van der Waals surface area contributed by atoms with Gasteiger partial charge in [-0.05, 0) is 65.4 Å². The van der Waals surface area contributed by atoms with E-state index >= 15 is 0 Å². The highest BCUT2D eigenvalue weighted by Crippen LogP contribution is 2.38. The number of nitrogens with zero attached hydrogens (tertiary/aromatic N) is 1. The zero-order valence-corrected chi connectivity index (χ0v) is 21.9. The summed E-state index contributed by atoms with van der Waals surface area (Å²) in [4.78, 5) is 15.2. The molecule has 200 valence electrons. The fourth-order valence-corrected chi connectivity index (χ4v) is 5.15. The molecule has 4 aromatic rings. The fraction of sp³-hybridized carbons (Fsp3) is 0.242. The minimum absolute atomic E-state index is 0.0783. The van der Waals surface area contributed by atoms with Crippen LogP contribution in [0, 0.1) is 11.6 Å². The molecule has 4 nitrogen and oxygen atoms in total. The minimum atomic E-state index is -0.670. The summed E-state index contributed by atoms with van der Waals surface area (Å²) in [5.74, 6) is -0.121. The lowest BCUT2D eigenvalue weighted by atomic mass is 9.87. The highest BCUT2D eigenvalue weighted by atomic mass is 19.1. The molecule has 1 N–H and O–H groups in total. The molecule has 39 heavy (non-hydrogen) atoms. The first-order chi connectivity index (χ1) is 19.0. The average molecular weight is 527 g/mol. The molecule has 1 heterocycles. The Bertz CT molecular complexity index is 1410. The number of hydrogen-bond acceptors (Lipinski definition) is 3. The van der Waals surface area contributed by atoms with Crippen LogP contribution in [0.15, 0.2) is 97.1 Å². The van der Waals surface area contributed by atoms with Crippen molar-refractivity contribution in [2.24, 2.45) is 0 Å². The molecule has 4 aromatic carbocycles. The molecule has 0 radical (unpaired) electrons. The van der Waals surface area contributed by atoms with E-state index in [2.05, 4.69) is 28.4 Å². The van der Waals surface area contributed by atoms with E-state index in [-0.39, 0.29) is 23.6 Å².